The molecule has 1 unspecified atom stereocenters. The van der Waals surface area contributed by atoms with E-state index in [0.717, 1.165) is 35.7 Å². The van der Waals surface area contributed by atoms with Crippen molar-refractivity contribution in [1.29, 1.82) is 0 Å². The van der Waals surface area contributed by atoms with Crippen molar-refractivity contribution < 1.29 is 14.2 Å². The van der Waals surface area contributed by atoms with Crippen molar-refractivity contribution in [3.63, 3.8) is 0 Å². The molecule has 34 heavy (non-hydrogen) atoms. The fourth-order valence-corrected chi connectivity index (χ4v) is 4.98. The minimum Gasteiger partial charge on any atom is -0.496 e. The van der Waals surface area contributed by atoms with Crippen LogP contribution >= 0.6 is 0 Å². The maximum atomic E-state index is 5.96. The molecule has 0 spiro atoms. The number of rotatable bonds is 7. The van der Waals surface area contributed by atoms with Gasteiger partial charge in [0, 0.05) is 35.6 Å². The Bertz CT molecular complexity index is 1170. The van der Waals surface area contributed by atoms with Crippen LogP contribution < -0.4 is 19.1 Å². The minimum absolute atomic E-state index is 0.120. The number of aliphatic imine (C=N–C) groups is 1. The van der Waals surface area contributed by atoms with Gasteiger partial charge in [-0.1, -0.05) is 19.1 Å². The van der Waals surface area contributed by atoms with E-state index in [1.54, 1.807) is 14.2 Å². The molecule has 1 aliphatic rings. The molecule has 0 N–H and O–H groups in total. The number of nitrogens with zero attached hydrogens (tertiary/aromatic N) is 2. The number of hydrogen-bond acceptors (Lipinski definition) is 5. The molecule has 5 heteroatoms. The molecule has 0 amide bonds. The lowest BCUT2D eigenvalue weighted by Crippen LogP contribution is -2.48. The summed E-state index contributed by atoms with van der Waals surface area (Å²) >= 11 is 0. The van der Waals surface area contributed by atoms with Crippen LogP contribution in [-0.4, -0.2) is 32.5 Å². The highest BCUT2D eigenvalue weighted by Crippen LogP contribution is 2.45. The quantitative estimate of drug-likeness (QED) is 0.347. The van der Waals surface area contributed by atoms with E-state index < -0.39 is 0 Å². The smallest absolute Gasteiger partial charge is 0.169 e. The van der Waals surface area contributed by atoms with Crippen molar-refractivity contribution >= 4 is 17.6 Å². The first-order valence-corrected chi connectivity index (χ1v) is 11.8. The molecule has 0 radical (unpaired) electrons. The molecule has 4 rings (SSSR count). The van der Waals surface area contributed by atoms with Crippen LogP contribution in [0.2, 0.25) is 0 Å². The largest absolute Gasteiger partial charge is 0.496 e. The third-order valence-corrected chi connectivity index (χ3v) is 6.54. The highest BCUT2D eigenvalue weighted by atomic mass is 16.5. The SMILES string of the molecule is CCN1c2cc(OC)c(C=Nc3ccc(Oc4ccccc4OC)cc3)cc2C(C)CC1(C)C. The Morgan fingerprint density at radius 2 is 1.65 bits per heavy atom. The van der Waals surface area contributed by atoms with Gasteiger partial charge in [0.2, 0.25) is 0 Å². The summed E-state index contributed by atoms with van der Waals surface area (Å²) in [6.45, 7) is 10.1. The van der Waals surface area contributed by atoms with Crippen LogP contribution in [0.5, 0.6) is 23.0 Å². The van der Waals surface area contributed by atoms with Crippen LogP contribution in [0.3, 0.4) is 0 Å². The van der Waals surface area contributed by atoms with Gasteiger partial charge in [0.15, 0.2) is 11.5 Å². The van der Waals surface area contributed by atoms with E-state index in [4.69, 9.17) is 19.2 Å². The van der Waals surface area contributed by atoms with E-state index in [2.05, 4.69) is 44.7 Å². The molecule has 0 saturated heterocycles. The lowest BCUT2D eigenvalue weighted by atomic mass is 9.79. The molecule has 5 nitrogen and oxygen atoms in total. The Kier molecular flexibility index (Phi) is 6.82. The first-order valence-electron chi connectivity index (χ1n) is 11.8. The first-order chi connectivity index (χ1) is 16.4. The number of anilines is 1. The van der Waals surface area contributed by atoms with Crippen LogP contribution in [0.1, 0.15) is 51.2 Å². The molecule has 3 aromatic rings. The van der Waals surface area contributed by atoms with Gasteiger partial charge in [-0.15, -0.1) is 0 Å². The van der Waals surface area contributed by atoms with Gasteiger partial charge in [0.25, 0.3) is 0 Å². The van der Waals surface area contributed by atoms with Crippen LogP contribution in [0.4, 0.5) is 11.4 Å². The van der Waals surface area contributed by atoms with Gasteiger partial charge in [0.05, 0.1) is 19.9 Å². The number of hydrogen-bond donors (Lipinski definition) is 0. The van der Waals surface area contributed by atoms with Crippen molar-refractivity contribution in [2.45, 2.75) is 45.6 Å². The monoisotopic (exact) mass is 458 g/mol. The number of ether oxygens (including phenoxy) is 3. The Hall–Kier alpha value is -3.47. The maximum Gasteiger partial charge on any atom is 0.169 e. The summed E-state index contributed by atoms with van der Waals surface area (Å²) in [4.78, 5) is 7.19. The van der Waals surface area contributed by atoms with Gasteiger partial charge in [-0.3, -0.25) is 4.99 Å². The summed E-state index contributed by atoms with van der Waals surface area (Å²) in [5.41, 5.74) is 4.56. The van der Waals surface area contributed by atoms with Gasteiger partial charge in [-0.25, -0.2) is 0 Å². The molecule has 178 valence electrons. The molecule has 3 aromatic carbocycles. The van der Waals surface area contributed by atoms with E-state index in [1.807, 2.05) is 54.7 Å². The van der Waals surface area contributed by atoms with E-state index >= 15 is 0 Å². The molecule has 0 fully saturated rings. The fraction of sp³-hybridized carbons (Fsp3) is 0.345. The van der Waals surface area contributed by atoms with Gasteiger partial charge in [-0.2, -0.15) is 0 Å². The number of benzene rings is 3. The highest BCUT2D eigenvalue weighted by Gasteiger charge is 2.36. The molecule has 0 saturated carbocycles. The topological polar surface area (TPSA) is 43.3 Å². The van der Waals surface area contributed by atoms with Crippen LogP contribution in [0.15, 0.2) is 65.7 Å². The third-order valence-electron chi connectivity index (χ3n) is 6.54. The lowest BCUT2D eigenvalue weighted by molar-refractivity contribution is 0.377. The van der Waals surface area contributed by atoms with Crippen LogP contribution in [-0.2, 0) is 0 Å². The van der Waals surface area contributed by atoms with Crippen molar-refractivity contribution in [2.75, 3.05) is 25.7 Å². The number of para-hydroxylation sites is 2. The summed E-state index contributed by atoms with van der Waals surface area (Å²) in [5, 5.41) is 0. The normalized spacial score (nSPS) is 16.9. The molecule has 1 aliphatic heterocycles. The molecule has 0 bridgehead atoms. The molecular weight excluding hydrogens is 424 g/mol. The van der Waals surface area contributed by atoms with E-state index in [0.29, 0.717) is 17.4 Å². The van der Waals surface area contributed by atoms with Gasteiger partial charge in [-0.05, 0) is 81.1 Å². The van der Waals surface area contributed by atoms with E-state index in [1.165, 1.54) is 11.3 Å². The molecular formula is C29H34N2O3. The second-order valence-corrected chi connectivity index (χ2v) is 9.32. The van der Waals surface area contributed by atoms with Gasteiger partial charge in [0.1, 0.15) is 11.5 Å². The van der Waals surface area contributed by atoms with Gasteiger partial charge >= 0.3 is 0 Å². The van der Waals surface area contributed by atoms with Crippen molar-refractivity contribution in [1.82, 2.24) is 0 Å². The van der Waals surface area contributed by atoms with Crippen LogP contribution in [0, 0.1) is 0 Å². The Morgan fingerprint density at radius 1 is 0.971 bits per heavy atom. The zero-order chi connectivity index (χ0) is 24.3. The summed E-state index contributed by atoms with van der Waals surface area (Å²) in [6, 6.07) is 19.7. The highest BCUT2D eigenvalue weighted by molar-refractivity contribution is 5.88. The van der Waals surface area contributed by atoms with Crippen molar-refractivity contribution in [3.8, 4) is 23.0 Å². The minimum atomic E-state index is 0.120. The molecule has 1 atom stereocenters. The standard InChI is InChI=1S/C29H34N2O3/c1-7-31-25-17-28(33-6)21(16-24(25)20(2)18-29(31,3)4)19-30-22-12-14-23(15-13-22)34-27-11-9-8-10-26(27)32-5/h8-17,19-20H,7,18H2,1-6H3. The second-order valence-electron chi connectivity index (χ2n) is 9.32. The zero-order valence-electron chi connectivity index (χ0n) is 21.0. The average molecular weight is 459 g/mol. The van der Waals surface area contributed by atoms with E-state index in [9.17, 15) is 0 Å². The molecule has 0 aromatic heterocycles. The third kappa shape index (κ3) is 4.74. The Labute approximate surface area is 203 Å². The van der Waals surface area contributed by atoms with E-state index in [-0.39, 0.29) is 5.54 Å². The zero-order valence-corrected chi connectivity index (χ0v) is 21.0. The lowest BCUT2D eigenvalue weighted by Gasteiger charge is -2.47. The predicted octanol–water partition coefficient (Wildman–Crippen LogP) is 7.36. The van der Waals surface area contributed by atoms with Crippen molar-refractivity contribution in [3.05, 3.63) is 71.8 Å². The second kappa shape index (κ2) is 9.80. The molecule has 0 aliphatic carbocycles. The summed E-state index contributed by atoms with van der Waals surface area (Å²) in [7, 11) is 3.35. The van der Waals surface area contributed by atoms with Gasteiger partial charge < -0.3 is 19.1 Å². The summed E-state index contributed by atoms with van der Waals surface area (Å²) in [5.74, 6) is 3.41. The predicted molar refractivity (Wildman–Crippen MR) is 140 cm³/mol. The fourth-order valence-electron chi connectivity index (χ4n) is 4.98. The van der Waals surface area contributed by atoms with Crippen LogP contribution in [0.25, 0.3) is 0 Å². The average Bonchev–Trinajstić information content (AvgIpc) is 2.83. The first kappa shape index (κ1) is 23.7. The molecule has 1 heterocycles. The Morgan fingerprint density at radius 3 is 2.29 bits per heavy atom. The summed E-state index contributed by atoms with van der Waals surface area (Å²) < 4.78 is 17.1. The van der Waals surface area contributed by atoms with Crippen molar-refractivity contribution in [2.24, 2.45) is 4.99 Å². The maximum absolute atomic E-state index is 5.96. The number of methoxy groups -OCH3 is 2. The summed E-state index contributed by atoms with van der Waals surface area (Å²) in [6.07, 6.45) is 3.00. The Balaban J connectivity index is 1.57. The number of fused-ring (bicyclic) bond motifs is 1.